The molecule has 0 radical (unpaired) electrons. The maximum absolute atomic E-state index is 12.7. The van der Waals surface area contributed by atoms with Crippen molar-refractivity contribution in [2.24, 2.45) is 17.8 Å². The number of carbonyl (C=O) groups is 2. The lowest BCUT2D eigenvalue weighted by molar-refractivity contribution is -0.147. The van der Waals surface area contributed by atoms with Crippen LogP contribution in [0.1, 0.15) is 74.1 Å². The van der Waals surface area contributed by atoms with Gasteiger partial charge in [-0.3, -0.25) is 4.79 Å². The highest BCUT2D eigenvalue weighted by molar-refractivity contribution is 5.98. The quantitative estimate of drug-likeness (QED) is 0.339. The summed E-state index contributed by atoms with van der Waals surface area (Å²) in [4.78, 5) is 25.4. The fraction of sp³-hybridized carbons (Fsp3) is 0.655. The van der Waals surface area contributed by atoms with Crippen LogP contribution in [0.25, 0.3) is 0 Å². The fourth-order valence-corrected chi connectivity index (χ4v) is 3.90. The summed E-state index contributed by atoms with van der Waals surface area (Å²) < 4.78 is 5.79. The number of esters is 1. The van der Waals surface area contributed by atoms with Crippen LogP contribution >= 0.6 is 0 Å². The molecule has 1 aliphatic rings. The van der Waals surface area contributed by atoms with Crippen molar-refractivity contribution in [2.45, 2.75) is 104 Å². The normalized spacial score (nSPS) is 37.0. The lowest BCUT2D eigenvalue weighted by atomic mass is 9.89. The van der Waals surface area contributed by atoms with Gasteiger partial charge in [0.1, 0.15) is 11.7 Å². The van der Waals surface area contributed by atoms with E-state index in [9.17, 15) is 30.0 Å². The number of aliphatic hydroxyl groups is 4. The Labute approximate surface area is 216 Å². The molecule has 0 saturated heterocycles. The van der Waals surface area contributed by atoms with Crippen LogP contribution < -0.4 is 0 Å². The summed E-state index contributed by atoms with van der Waals surface area (Å²) in [6, 6.07) is 0. The molecule has 36 heavy (non-hydrogen) atoms. The molecule has 0 aromatic rings. The Kier molecular flexibility index (Phi) is 13.0. The molecule has 1 aliphatic heterocycles. The number of hydrogen-bond donors (Lipinski definition) is 4. The van der Waals surface area contributed by atoms with E-state index in [4.69, 9.17) is 4.74 Å². The Morgan fingerprint density at radius 1 is 1.08 bits per heavy atom. The van der Waals surface area contributed by atoms with Crippen LogP contribution in [0.4, 0.5) is 0 Å². The first-order valence-corrected chi connectivity index (χ1v) is 12.8. The summed E-state index contributed by atoms with van der Waals surface area (Å²) in [5, 5.41) is 41.5. The largest absolute Gasteiger partial charge is 0.459 e. The van der Waals surface area contributed by atoms with Gasteiger partial charge in [0.2, 0.25) is 0 Å². The van der Waals surface area contributed by atoms with E-state index in [1.54, 1.807) is 45.9 Å². The topological polar surface area (TPSA) is 124 Å². The molecular formula is C29H46O7. The van der Waals surface area contributed by atoms with Crippen molar-refractivity contribution in [1.29, 1.82) is 0 Å². The van der Waals surface area contributed by atoms with E-state index in [0.29, 0.717) is 24.0 Å². The van der Waals surface area contributed by atoms with Gasteiger partial charge in [0, 0.05) is 12.0 Å². The van der Waals surface area contributed by atoms with Gasteiger partial charge in [-0.2, -0.15) is 0 Å². The van der Waals surface area contributed by atoms with Gasteiger partial charge in [0.25, 0.3) is 0 Å². The van der Waals surface area contributed by atoms with Crippen molar-refractivity contribution in [3.8, 4) is 0 Å². The van der Waals surface area contributed by atoms with E-state index >= 15 is 0 Å². The predicted molar refractivity (Wildman–Crippen MR) is 141 cm³/mol. The first kappa shape index (κ1) is 32.0. The first-order chi connectivity index (χ1) is 16.6. The standard InChI is InChI=1S/C29H46O7/c1-18-14-24(31)11-8-12-25(32)22(5)20(3)17-28(34)36-26(16-21(4)23(6)30)19(2)10-9-13-29(7,35)27(33)15-18/h8-9,12-13,15,17,19,21-26,30-32,35H,10-11,14,16H2,1-7H3/b12-8-,13-9-,18-15-,20-17?/t19-,21-,22+,23-,24-,25-,26+,29+/m0/s1. The van der Waals surface area contributed by atoms with Crippen LogP contribution in [0, 0.1) is 17.8 Å². The van der Waals surface area contributed by atoms with Crippen molar-refractivity contribution in [3.63, 3.8) is 0 Å². The molecule has 204 valence electrons. The van der Waals surface area contributed by atoms with Crippen molar-refractivity contribution in [2.75, 3.05) is 0 Å². The van der Waals surface area contributed by atoms with Crippen molar-refractivity contribution in [3.05, 3.63) is 47.6 Å². The Balaban J connectivity index is 3.30. The molecule has 0 unspecified atom stereocenters. The molecule has 8 atom stereocenters. The number of ether oxygens (including phenoxy) is 1. The summed E-state index contributed by atoms with van der Waals surface area (Å²) in [6.45, 7) is 12.2. The summed E-state index contributed by atoms with van der Waals surface area (Å²) in [6.07, 6.45) is 7.92. The van der Waals surface area contributed by atoms with Crippen molar-refractivity contribution < 1.29 is 34.8 Å². The third kappa shape index (κ3) is 10.9. The zero-order valence-electron chi connectivity index (χ0n) is 22.8. The zero-order chi connectivity index (χ0) is 27.6. The van der Waals surface area contributed by atoms with Crippen LogP contribution in [-0.4, -0.2) is 62.2 Å². The minimum absolute atomic E-state index is 0.108. The summed E-state index contributed by atoms with van der Waals surface area (Å²) in [5.41, 5.74) is -0.411. The van der Waals surface area contributed by atoms with E-state index < -0.39 is 41.8 Å². The Morgan fingerprint density at radius 3 is 2.33 bits per heavy atom. The van der Waals surface area contributed by atoms with Gasteiger partial charge in [0.05, 0.1) is 18.3 Å². The van der Waals surface area contributed by atoms with Crippen molar-refractivity contribution in [1.82, 2.24) is 0 Å². The highest BCUT2D eigenvalue weighted by atomic mass is 16.5. The second-order valence-electron chi connectivity index (χ2n) is 10.7. The van der Waals surface area contributed by atoms with Gasteiger partial charge in [-0.05, 0) is 77.4 Å². The molecule has 4 N–H and O–H groups in total. The van der Waals surface area contributed by atoms with E-state index in [-0.39, 0.29) is 30.6 Å². The Hall–Kier alpha value is -2.06. The third-order valence-corrected chi connectivity index (χ3v) is 7.03. The molecule has 7 nitrogen and oxygen atoms in total. The average Bonchev–Trinajstić information content (AvgIpc) is 2.76. The Morgan fingerprint density at radius 2 is 1.72 bits per heavy atom. The second-order valence-corrected chi connectivity index (χ2v) is 10.7. The maximum Gasteiger partial charge on any atom is 0.330 e. The van der Waals surface area contributed by atoms with Crippen LogP contribution in [0.3, 0.4) is 0 Å². The molecule has 0 aromatic carbocycles. The van der Waals surface area contributed by atoms with E-state index in [0.717, 1.165) is 0 Å². The predicted octanol–water partition coefficient (Wildman–Crippen LogP) is 3.81. The number of rotatable bonds is 3. The van der Waals surface area contributed by atoms with Gasteiger partial charge < -0.3 is 25.2 Å². The summed E-state index contributed by atoms with van der Waals surface area (Å²) in [5.74, 6) is -1.61. The minimum atomic E-state index is -1.72. The van der Waals surface area contributed by atoms with E-state index in [1.165, 1.54) is 25.2 Å². The average molecular weight is 507 g/mol. The molecule has 7 heteroatoms. The van der Waals surface area contributed by atoms with E-state index in [1.807, 2.05) is 13.8 Å². The van der Waals surface area contributed by atoms with Gasteiger partial charge in [-0.25, -0.2) is 4.79 Å². The number of carbonyl (C=O) groups excluding carboxylic acids is 2. The molecule has 0 aliphatic carbocycles. The molecule has 0 amide bonds. The molecule has 0 spiro atoms. The highest BCUT2D eigenvalue weighted by Gasteiger charge is 2.28. The first-order valence-electron chi connectivity index (χ1n) is 12.8. The molecule has 1 rings (SSSR count). The lowest BCUT2D eigenvalue weighted by Crippen LogP contribution is -2.32. The van der Waals surface area contributed by atoms with Crippen LogP contribution in [0.15, 0.2) is 47.6 Å². The number of aliphatic hydroxyl groups excluding tert-OH is 3. The van der Waals surface area contributed by atoms with Crippen LogP contribution in [-0.2, 0) is 14.3 Å². The molecular weight excluding hydrogens is 460 g/mol. The number of cyclic esters (lactones) is 1. The van der Waals surface area contributed by atoms with Crippen molar-refractivity contribution >= 4 is 11.8 Å². The summed E-state index contributed by atoms with van der Waals surface area (Å²) >= 11 is 0. The molecule has 0 fully saturated rings. The third-order valence-electron chi connectivity index (χ3n) is 7.03. The Bertz CT molecular complexity index is 850. The van der Waals surface area contributed by atoms with Crippen LogP contribution in [0.2, 0.25) is 0 Å². The molecule has 0 bridgehead atoms. The smallest absolute Gasteiger partial charge is 0.330 e. The maximum atomic E-state index is 12.7. The van der Waals surface area contributed by atoms with Crippen LogP contribution in [0.5, 0.6) is 0 Å². The van der Waals surface area contributed by atoms with Gasteiger partial charge in [0.15, 0.2) is 5.78 Å². The monoisotopic (exact) mass is 506 g/mol. The number of allylic oxidation sites excluding steroid dienone is 1. The second kappa shape index (κ2) is 14.6. The minimum Gasteiger partial charge on any atom is -0.459 e. The summed E-state index contributed by atoms with van der Waals surface area (Å²) in [7, 11) is 0. The van der Waals surface area contributed by atoms with E-state index in [2.05, 4.69) is 0 Å². The van der Waals surface area contributed by atoms with Gasteiger partial charge in [-0.15, -0.1) is 0 Å². The molecule has 0 aromatic heterocycles. The number of hydrogen-bond acceptors (Lipinski definition) is 7. The zero-order valence-corrected chi connectivity index (χ0v) is 22.8. The lowest BCUT2D eigenvalue weighted by Gasteiger charge is -2.27. The highest BCUT2D eigenvalue weighted by Crippen LogP contribution is 2.24. The number of ketones is 1. The van der Waals surface area contributed by atoms with Gasteiger partial charge in [-0.1, -0.05) is 50.1 Å². The van der Waals surface area contributed by atoms with Gasteiger partial charge >= 0.3 is 5.97 Å². The molecule has 0 saturated carbocycles. The fourth-order valence-electron chi connectivity index (χ4n) is 3.90. The SMILES string of the molecule is CC1=CC(=O)O[C@H](C[C@H](C)[C@H](C)O)[C@@H](C)C/C=C\[C@@](C)(O)C(=O)/C=C(/C)C[C@@H](O)C/C=C\[C@H](O)[C@@H]1C. The molecule has 1 heterocycles.